The summed E-state index contributed by atoms with van der Waals surface area (Å²) in [4.78, 5) is 11.1. The van der Waals surface area contributed by atoms with Crippen LogP contribution in [0.1, 0.15) is 0 Å². The zero-order chi connectivity index (χ0) is 13.9. The molecule has 1 aromatic heterocycles. The third-order valence-electron chi connectivity index (χ3n) is 3.27. The molecule has 0 unspecified atom stereocenters. The van der Waals surface area contributed by atoms with E-state index in [1.165, 1.54) is 0 Å². The van der Waals surface area contributed by atoms with Gasteiger partial charge < -0.3 is 10.2 Å². The van der Waals surface area contributed by atoms with Crippen LogP contribution in [0.25, 0.3) is 11.3 Å². The van der Waals surface area contributed by atoms with Gasteiger partial charge in [0, 0.05) is 37.9 Å². The molecule has 3 rings (SSSR count). The molecular formula is C14H14Cl2N4. The molecule has 20 heavy (non-hydrogen) atoms. The molecule has 0 aliphatic carbocycles. The van der Waals surface area contributed by atoms with Crippen LogP contribution in [-0.2, 0) is 0 Å². The van der Waals surface area contributed by atoms with Crippen molar-refractivity contribution in [1.82, 2.24) is 15.3 Å². The van der Waals surface area contributed by atoms with Crippen molar-refractivity contribution in [3.63, 3.8) is 0 Å². The first kappa shape index (κ1) is 13.6. The molecular weight excluding hydrogens is 295 g/mol. The molecule has 1 aromatic carbocycles. The van der Waals surface area contributed by atoms with Crippen molar-refractivity contribution in [3.8, 4) is 11.3 Å². The molecule has 6 heteroatoms. The fourth-order valence-corrected chi connectivity index (χ4v) is 2.61. The highest BCUT2D eigenvalue weighted by Gasteiger charge is 2.15. The Balaban J connectivity index is 1.96. The highest BCUT2D eigenvalue weighted by Crippen LogP contribution is 2.32. The Morgan fingerprint density at radius 1 is 1.10 bits per heavy atom. The minimum absolute atomic E-state index is 0.527. The maximum atomic E-state index is 6.25. The van der Waals surface area contributed by atoms with E-state index in [9.17, 15) is 0 Å². The van der Waals surface area contributed by atoms with Gasteiger partial charge in [-0.1, -0.05) is 35.3 Å². The monoisotopic (exact) mass is 308 g/mol. The summed E-state index contributed by atoms with van der Waals surface area (Å²) in [5, 5.41) is 4.37. The third-order valence-corrected chi connectivity index (χ3v) is 4.09. The van der Waals surface area contributed by atoms with Crippen molar-refractivity contribution in [2.45, 2.75) is 0 Å². The van der Waals surface area contributed by atoms with Gasteiger partial charge in [0.1, 0.15) is 0 Å². The highest BCUT2D eigenvalue weighted by molar-refractivity contribution is 6.43. The first-order valence-electron chi connectivity index (χ1n) is 6.49. The van der Waals surface area contributed by atoms with E-state index < -0.39 is 0 Å². The summed E-state index contributed by atoms with van der Waals surface area (Å²) in [7, 11) is 0. The Labute approximate surface area is 127 Å². The van der Waals surface area contributed by atoms with Gasteiger partial charge in [-0.3, -0.25) is 0 Å². The Morgan fingerprint density at radius 2 is 1.90 bits per heavy atom. The van der Waals surface area contributed by atoms with E-state index in [0.29, 0.717) is 10.0 Å². The SMILES string of the molecule is Clc1cccc(-c2ccnc(N3CCNCC3)n2)c1Cl. The molecule has 1 fully saturated rings. The summed E-state index contributed by atoms with van der Waals surface area (Å²) >= 11 is 12.3. The van der Waals surface area contributed by atoms with Gasteiger partial charge in [-0.25, -0.2) is 9.97 Å². The minimum atomic E-state index is 0.527. The largest absolute Gasteiger partial charge is 0.338 e. The number of aromatic nitrogens is 2. The van der Waals surface area contributed by atoms with Crippen LogP contribution in [0.2, 0.25) is 10.0 Å². The van der Waals surface area contributed by atoms with Gasteiger partial charge >= 0.3 is 0 Å². The van der Waals surface area contributed by atoms with Gasteiger partial charge in [0.15, 0.2) is 0 Å². The van der Waals surface area contributed by atoms with Gasteiger partial charge in [0.05, 0.1) is 15.7 Å². The number of hydrogen-bond acceptors (Lipinski definition) is 4. The van der Waals surface area contributed by atoms with Crippen LogP contribution in [0.5, 0.6) is 0 Å². The summed E-state index contributed by atoms with van der Waals surface area (Å²) in [5.41, 5.74) is 1.62. The van der Waals surface area contributed by atoms with Gasteiger partial charge in [0.2, 0.25) is 5.95 Å². The molecule has 1 saturated heterocycles. The number of piperazine rings is 1. The first-order valence-corrected chi connectivity index (χ1v) is 7.24. The molecule has 1 aliphatic rings. The fraction of sp³-hybridized carbons (Fsp3) is 0.286. The Bertz CT molecular complexity index is 612. The number of rotatable bonds is 2. The fourth-order valence-electron chi connectivity index (χ4n) is 2.22. The summed E-state index contributed by atoms with van der Waals surface area (Å²) < 4.78 is 0. The second-order valence-electron chi connectivity index (χ2n) is 4.58. The van der Waals surface area contributed by atoms with Crippen LogP contribution in [-0.4, -0.2) is 36.1 Å². The smallest absolute Gasteiger partial charge is 0.225 e. The molecule has 2 aromatic rings. The lowest BCUT2D eigenvalue weighted by Gasteiger charge is -2.27. The zero-order valence-electron chi connectivity index (χ0n) is 10.8. The van der Waals surface area contributed by atoms with Crippen molar-refractivity contribution in [2.75, 3.05) is 31.1 Å². The Morgan fingerprint density at radius 3 is 2.70 bits per heavy atom. The minimum Gasteiger partial charge on any atom is -0.338 e. The standard InChI is InChI=1S/C14H14Cl2N4/c15-11-3-1-2-10(13(11)16)12-4-5-18-14(19-12)20-8-6-17-7-9-20/h1-5,17H,6-9H2. The number of nitrogens with one attached hydrogen (secondary N) is 1. The number of benzene rings is 1. The molecule has 0 bridgehead atoms. The summed E-state index contributed by atoms with van der Waals surface area (Å²) in [6.45, 7) is 3.72. The van der Waals surface area contributed by atoms with Crippen LogP contribution in [0, 0.1) is 0 Å². The molecule has 0 radical (unpaired) electrons. The van der Waals surface area contributed by atoms with Crippen molar-refractivity contribution in [1.29, 1.82) is 0 Å². The highest BCUT2D eigenvalue weighted by atomic mass is 35.5. The van der Waals surface area contributed by atoms with Crippen LogP contribution in [0.3, 0.4) is 0 Å². The molecule has 1 aliphatic heterocycles. The molecule has 0 saturated carbocycles. The second-order valence-corrected chi connectivity index (χ2v) is 5.37. The second kappa shape index (κ2) is 5.95. The van der Waals surface area contributed by atoms with Gasteiger partial charge in [-0.15, -0.1) is 0 Å². The summed E-state index contributed by atoms with van der Waals surface area (Å²) in [6.07, 6.45) is 1.76. The van der Waals surface area contributed by atoms with E-state index in [1.807, 2.05) is 18.2 Å². The number of nitrogens with zero attached hydrogens (tertiary/aromatic N) is 3. The van der Waals surface area contributed by atoms with Crippen LogP contribution >= 0.6 is 23.2 Å². The van der Waals surface area contributed by atoms with E-state index in [1.54, 1.807) is 12.3 Å². The third kappa shape index (κ3) is 2.73. The summed E-state index contributed by atoms with van der Waals surface area (Å²) in [6, 6.07) is 7.41. The molecule has 0 amide bonds. The maximum Gasteiger partial charge on any atom is 0.225 e. The first-order chi connectivity index (χ1) is 9.75. The molecule has 0 spiro atoms. The lowest BCUT2D eigenvalue weighted by atomic mass is 10.1. The van der Waals surface area contributed by atoms with Crippen molar-refractivity contribution >= 4 is 29.2 Å². The number of hydrogen-bond donors (Lipinski definition) is 1. The van der Waals surface area contributed by atoms with Gasteiger partial charge in [-0.2, -0.15) is 0 Å². The maximum absolute atomic E-state index is 6.25. The molecule has 4 nitrogen and oxygen atoms in total. The molecule has 104 valence electrons. The summed E-state index contributed by atoms with van der Waals surface area (Å²) in [5.74, 6) is 0.736. The topological polar surface area (TPSA) is 41.1 Å². The number of halogens is 2. The predicted molar refractivity (Wildman–Crippen MR) is 82.6 cm³/mol. The van der Waals surface area contributed by atoms with Crippen LogP contribution in [0.4, 0.5) is 5.95 Å². The number of anilines is 1. The van der Waals surface area contributed by atoms with Crippen LogP contribution < -0.4 is 10.2 Å². The van der Waals surface area contributed by atoms with E-state index in [2.05, 4.69) is 20.2 Å². The van der Waals surface area contributed by atoms with Gasteiger partial charge in [0.25, 0.3) is 0 Å². The van der Waals surface area contributed by atoms with Gasteiger partial charge in [-0.05, 0) is 12.1 Å². The van der Waals surface area contributed by atoms with Crippen molar-refractivity contribution in [3.05, 3.63) is 40.5 Å². The quantitative estimate of drug-likeness (QED) is 0.926. The molecule has 0 atom stereocenters. The van der Waals surface area contributed by atoms with E-state index in [-0.39, 0.29) is 0 Å². The lowest BCUT2D eigenvalue weighted by Crippen LogP contribution is -2.44. The van der Waals surface area contributed by atoms with Crippen LogP contribution in [0.15, 0.2) is 30.5 Å². The average Bonchev–Trinajstić information content (AvgIpc) is 2.51. The van der Waals surface area contributed by atoms with E-state index in [4.69, 9.17) is 23.2 Å². The van der Waals surface area contributed by atoms with Crippen molar-refractivity contribution < 1.29 is 0 Å². The molecule has 1 N–H and O–H groups in total. The Hall–Kier alpha value is -1.36. The predicted octanol–water partition coefficient (Wildman–Crippen LogP) is 2.86. The lowest BCUT2D eigenvalue weighted by molar-refractivity contribution is 0.580. The zero-order valence-corrected chi connectivity index (χ0v) is 12.3. The Kier molecular flexibility index (Phi) is 4.05. The average molecular weight is 309 g/mol. The van der Waals surface area contributed by atoms with E-state index in [0.717, 1.165) is 43.4 Å². The normalized spacial score (nSPS) is 15.4. The van der Waals surface area contributed by atoms with E-state index >= 15 is 0 Å². The molecule has 2 heterocycles. The van der Waals surface area contributed by atoms with Crippen molar-refractivity contribution in [2.24, 2.45) is 0 Å².